The highest BCUT2D eigenvalue weighted by Crippen LogP contribution is 2.33. The molecular formula is C21H19N3O2S. The maximum absolute atomic E-state index is 12.8. The molecule has 1 aliphatic carbocycles. The number of thiazole rings is 1. The van der Waals surface area contributed by atoms with Gasteiger partial charge in [0.05, 0.1) is 5.70 Å². The van der Waals surface area contributed by atoms with Crippen LogP contribution in [0.2, 0.25) is 0 Å². The number of Topliss-reactive ketones (excluding diaryl/α,β-unsaturated/α-hetero) is 1. The van der Waals surface area contributed by atoms with Gasteiger partial charge in [-0.1, -0.05) is 36.4 Å². The van der Waals surface area contributed by atoms with Crippen LogP contribution in [0.4, 0.5) is 0 Å². The molecule has 1 aliphatic rings. The molecule has 0 aliphatic heterocycles. The summed E-state index contributed by atoms with van der Waals surface area (Å²) < 4.78 is 0. The zero-order valence-electron chi connectivity index (χ0n) is 15.2. The predicted octanol–water partition coefficient (Wildman–Crippen LogP) is 3.38. The molecule has 0 unspecified atom stereocenters. The number of allylic oxidation sites excluding steroid dienone is 2. The van der Waals surface area contributed by atoms with E-state index in [1.54, 1.807) is 0 Å². The van der Waals surface area contributed by atoms with Gasteiger partial charge in [0.1, 0.15) is 15.6 Å². The number of rotatable bonds is 5. The van der Waals surface area contributed by atoms with Gasteiger partial charge in [0.15, 0.2) is 0 Å². The predicted molar refractivity (Wildman–Crippen MR) is 108 cm³/mol. The number of carbonyl (C=O) groups is 2. The molecule has 0 atom stereocenters. The normalized spacial score (nSPS) is 13.8. The summed E-state index contributed by atoms with van der Waals surface area (Å²) in [5.74, 6) is -0.381. The van der Waals surface area contributed by atoms with Crippen molar-refractivity contribution in [3.05, 3.63) is 64.8 Å². The first-order valence-electron chi connectivity index (χ1n) is 8.72. The lowest BCUT2D eigenvalue weighted by molar-refractivity contribution is 0.0978. The molecule has 1 heterocycles. The van der Waals surface area contributed by atoms with Crippen LogP contribution in [0.5, 0.6) is 0 Å². The molecule has 2 aromatic carbocycles. The van der Waals surface area contributed by atoms with E-state index in [1.807, 2.05) is 55.4 Å². The number of hydrogen-bond donors (Lipinski definition) is 1. The minimum Gasteiger partial charge on any atom is -0.380 e. The van der Waals surface area contributed by atoms with Crippen molar-refractivity contribution in [1.29, 1.82) is 0 Å². The average molecular weight is 377 g/mol. The summed E-state index contributed by atoms with van der Waals surface area (Å²) in [6, 6.07) is 14.1. The van der Waals surface area contributed by atoms with E-state index in [1.165, 1.54) is 17.4 Å². The summed E-state index contributed by atoms with van der Waals surface area (Å²) >= 11 is 1.28. The molecule has 0 bridgehead atoms. The van der Waals surface area contributed by atoms with Crippen LogP contribution in [-0.4, -0.2) is 48.6 Å². The second-order valence-electron chi connectivity index (χ2n) is 6.74. The maximum atomic E-state index is 12.8. The van der Waals surface area contributed by atoms with Crippen LogP contribution in [0.1, 0.15) is 20.2 Å². The van der Waals surface area contributed by atoms with Gasteiger partial charge in [-0.2, -0.15) is 0 Å². The van der Waals surface area contributed by atoms with E-state index in [9.17, 15) is 9.59 Å². The highest BCUT2D eigenvalue weighted by Gasteiger charge is 2.30. The highest BCUT2D eigenvalue weighted by atomic mass is 32.1. The van der Waals surface area contributed by atoms with Crippen LogP contribution in [0, 0.1) is 0 Å². The molecule has 0 spiro atoms. The molecule has 1 aromatic heterocycles. The van der Waals surface area contributed by atoms with E-state index in [0.717, 1.165) is 22.9 Å². The molecule has 0 fully saturated rings. The van der Waals surface area contributed by atoms with Crippen molar-refractivity contribution < 1.29 is 9.59 Å². The zero-order chi connectivity index (χ0) is 19.0. The third kappa shape index (κ3) is 3.41. The molecule has 4 rings (SSSR count). The second-order valence-corrected chi connectivity index (χ2v) is 7.74. The number of likely N-dealkylation sites (N-methyl/N-ethyl adjacent to an activating group) is 1. The van der Waals surface area contributed by atoms with Crippen molar-refractivity contribution in [3.63, 3.8) is 0 Å². The lowest BCUT2D eigenvalue weighted by Crippen LogP contribution is -2.31. The van der Waals surface area contributed by atoms with E-state index in [0.29, 0.717) is 22.1 Å². The molecule has 3 aromatic rings. The Labute approximate surface area is 161 Å². The number of aromatic nitrogens is 1. The first-order valence-corrected chi connectivity index (χ1v) is 9.54. The lowest BCUT2D eigenvalue weighted by Gasteiger charge is -2.15. The first kappa shape index (κ1) is 17.6. The minimum atomic E-state index is -0.222. The lowest BCUT2D eigenvalue weighted by atomic mass is 10.0. The van der Waals surface area contributed by atoms with Gasteiger partial charge in [-0.15, -0.1) is 11.3 Å². The number of carbonyl (C=O) groups excluding carboxylic acids is 2. The van der Waals surface area contributed by atoms with Crippen molar-refractivity contribution in [2.24, 2.45) is 0 Å². The fraction of sp³-hybridized carbons (Fsp3) is 0.190. The Morgan fingerprint density at radius 1 is 1.07 bits per heavy atom. The van der Waals surface area contributed by atoms with Gasteiger partial charge < -0.3 is 10.2 Å². The number of hydrogen-bond acceptors (Lipinski definition) is 6. The summed E-state index contributed by atoms with van der Waals surface area (Å²) in [6.45, 7) is 1.38. The van der Waals surface area contributed by atoms with Gasteiger partial charge in [-0.25, -0.2) is 4.98 Å². The molecule has 27 heavy (non-hydrogen) atoms. The Bertz CT molecular complexity index is 1080. The Morgan fingerprint density at radius 3 is 2.63 bits per heavy atom. The van der Waals surface area contributed by atoms with Gasteiger partial charge in [0.25, 0.3) is 0 Å². The van der Waals surface area contributed by atoms with Crippen LogP contribution < -0.4 is 5.32 Å². The van der Waals surface area contributed by atoms with E-state index in [-0.39, 0.29) is 17.3 Å². The van der Waals surface area contributed by atoms with Crippen LogP contribution >= 0.6 is 11.3 Å². The van der Waals surface area contributed by atoms with E-state index < -0.39 is 0 Å². The fourth-order valence-electron chi connectivity index (χ4n) is 3.02. The summed E-state index contributed by atoms with van der Waals surface area (Å²) in [5.41, 5.74) is 1.52. The minimum absolute atomic E-state index is 0.159. The standard InChI is InChI=1S/C21H19N3O2S/c1-24(2)10-9-22-16-12-17(25)18-20(19(16)26)27-21(23-18)15-8-7-13-5-3-4-6-14(13)11-15/h3-8,11-12,22H,9-10H2,1-2H3. The van der Waals surface area contributed by atoms with E-state index in [4.69, 9.17) is 0 Å². The third-order valence-corrected chi connectivity index (χ3v) is 5.56. The number of ketones is 2. The van der Waals surface area contributed by atoms with Crippen LogP contribution in [0.15, 0.2) is 54.2 Å². The Morgan fingerprint density at radius 2 is 1.85 bits per heavy atom. The SMILES string of the molecule is CN(C)CCNC1=CC(=O)c2nc(-c3ccc4ccccc4c3)sc2C1=O. The van der Waals surface area contributed by atoms with E-state index >= 15 is 0 Å². The van der Waals surface area contributed by atoms with Crippen LogP contribution in [0.25, 0.3) is 21.3 Å². The number of fused-ring (bicyclic) bond motifs is 2. The smallest absolute Gasteiger partial charge is 0.221 e. The first-order chi connectivity index (χ1) is 13.0. The number of nitrogens with one attached hydrogen (secondary N) is 1. The molecule has 0 amide bonds. The monoisotopic (exact) mass is 377 g/mol. The molecular weight excluding hydrogens is 358 g/mol. The molecule has 5 nitrogen and oxygen atoms in total. The Hall–Kier alpha value is -2.83. The second kappa shape index (κ2) is 7.06. The van der Waals surface area contributed by atoms with Crippen molar-refractivity contribution >= 4 is 33.7 Å². The molecule has 0 radical (unpaired) electrons. The quantitative estimate of drug-likeness (QED) is 0.739. The summed E-state index contributed by atoms with van der Waals surface area (Å²) in [7, 11) is 3.92. The van der Waals surface area contributed by atoms with Gasteiger partial charge in [0, 0.05) is 24.7 Å². The topological polar surface area (TPSA) is 62.3 Å². The molecule has 0 saturated heterocycles. The Balaban J connectivity index is 1.64. The fourth-order valence-corrected chi connectivity index (χ4v) is 4.04. The van der Waals surface area contributed by atoms with Crippen molar-refractivity contribution in [2.45, 2.75) is 0 Å². The molecule has 0 saturated carbocycles. The number of nitrogens with zero attached hydrogens (tertiary/aromatic N) is 2. The van der Waals surface area contributed by atoms with Gasteiger partial charge in [0.2, 0.25) is 11.6 Å². The van der Waals surface area contributed by atoms with Crippen LogP contribution in [-0.2, 0) is 0 Å². The van der Waals surface area contributed by atoms with Gasteiger partial charge in [-0.3, -0.25) is 9.59 Å². The van der Waals surface area contributed by atoms with Crippen molar-refractivity contribution in [2.75, 3.05) is 27.2 Å². The van der Waals surface area contributed by atoms with Gasteiger partial charge in [-0.05, 0) is 30.9 Å². The zero-order valence-corrected chi connectivity index (χ0v) is 16.0. The van der Waals surface area contributed by atoms with Crippen LogP contribution in [0.3, 0.4) is 0 Å². The maximum Gasteiger partial charge on any atom is 0.221 e. The molecule has 136 valence electrons. The summed E-state index contributed by atoms with van der Waals surface area (Å²) in [5, 5.41) is 6.01. The Kier molecular flexibility index (Phi) is 4.59. The largest absolute Gasteiger partial charge is 0.380 e. The summed E-state index contributed by atoms with van der Waals surface area (Å²) in [4.78, 5) is 32.1. The van der Waals surface area contributed by atoms with Crippen molar-refractivity contribution in [1.82, 2.24) is 15.2 Å². The molecule has 6 heteroatoms. The van der Waals surface area contributed by atoms with E-state index in [2.05, 4.69) is 16.4 Å². The highest BCUT2D eigenvalue weighted by molar-refractivity contribution is 7.17. The third-order valence-electron chi connectivity index (χ3n) is 4.46. The number of benzene rings is 2. The summed E-state index contributed by atoms with van der Waals surface area (Å²) in [6.07, 6.45) is 1.37. The molecule has 1 N–H and O–H groups in total. The van der Waals surface area contributed by atoms with Gasteiger partial charge >= 0.3 is 0 Å². The van der Waals surface area contributed by atoms with Crippen molar-refractivity contribution in [3.8, 4) is 10.6 Å². The average Bonchev–Trinajstić information content (AvgIpc) is 3.11.